The number of fused-ring (bicyclic) bond motifs is 2. The molecular formula is C51H51Cl2N11O9. The molecule has 2 atom stereocenters. The van der Waals surface area contributed by atoms with E-state index in [1.54, 1.807) is 47.5 Å². The second-order valence-electron chi connectivity index (χ2n) is 19.7. The van der Waals surface area contributed by atoms with Crippen LogP contribution >= 0.6 is 23.2 Å². The van der Waals surface area contributed by atoms with Crippen LogP contribution in [0.15, 0.2) is 55.0 Å². The van der Waals surface area contributed by atoms with Crippen LogP contribution < -0.4 is 29.9 Å². The number of imide groups is 2. The summed E-state index contributed by atoms with van der Waals surface area (Å²) in [6.07, 6.45) is 5.67. The van der Waals surface area contributed by atoms with Crippen LogP contribution in [0.1, 0.15) is 96.7 Å². The van der Waals surface area contributed by atoms with Crippen LogP contribution in [0, 0.1) is 17.2 Å². The molecule has 5 aliphatic heterocycles. The fourth-order valence-electron chi connectivity index (χ4n) is 10.7. The van der Waals surface area contributed by atoms with Gasteiger partial charge in [0, 0.05) is 98.5 Å². The van der Waals surface area contributed by atoms with E-state index < -0.39 is 46.9 Å². The number of nitriles is 1. The van der Waals surface area contributed by atoms with Crippen LogP contribution in [0.25, 0.3) is 22.2 Å². The van der Waals surface area contributed by atoms with E-state index in [2.05, 4.69) is 31.9 Å². The molecule has 73 heavy (non-hydrogen) atoms. The highest BCUT2D eigenvalue weighted by atomic mass is 35.5. The van der Waals surface area contributed by atoms with E-state index in [-0.39, 0.29) is 48.1 Å². The zero-order valence-corrected chi connectivity index (χ0v) is 41.7. The first kappa shape index (κ1) is 49.2. The third-order valence-corrected chi connectivity index (χ3v) is 15.3. The number of nitrogens with zero attached hydrogens (tertiary/aromatic N) is 8. The first-order chi connectivity index (χ1) is 34.9. The molecule has 4 saturated heterocycles. The van der Waals surface area contributed by atoms with Crippen LogP contribution in [-0.2, 0) is 19.2 Å². The number of likely N-dealkylation sites (tertiary alicyclic amines) is 1. The Morgan fingerprint density at radius 1 is 0.945 bits per heavy atom. The largest absolute Gasteiger partial charge is 0.493 e. The van der Waals surface area contributed by atoms with Crippen molar-refractivity contribution in [3.05, 3.63) is 87.3 Å². The summed E-state index contributed by atoms with van der Waals surface area (Å²) >= 11 is 12.8. The number of aromatic nitrogens is 4. The van der Waals surface area contributed by atoms with Crippen LogP contribution in [0.5, 0.6) is 11.5 Å². The lowest BCUT2D eigenvalue weighted by molar-refractivity contribution is -0.141. The van der Waals surface area contributed by atoms with Gasteiger partial charge in [-0.05, 0) is 76.3 Å². The van der Waals surface area contributed by atoms with Gasteiger partial charge in [-0.3, -0.25) is 49.1 Å². The minimum atomic E-state index is -1.24. The zero-order chi connectivity index (χ0) is 51.5. The van der Waals surface area contributed by atoms with Crippen molar-refractivity contribution in [2.24, 2.45) is 5.92 Å². The molecule has 0 radical (unpaired) electrons. The summed E-state index contributed by atoms with van der Waals surface area (Å²) in [4.78, 5) is 93.2. The molecule has 0 saturated carbocycles. The molecule has 2 aromatic carbocycles. The van der Waals surface area contributed by atoms with Gasteiger partial charge in [0.05, 0.1) is 56.9 Å². The average Bonchev–Trinajstić information content (AvgIpc) is 3.88. The number of benzene rings is 2. The lowest BCUT2D eigenvalue weighted by Gasteiger charge is -2.49. The van der Waals surface area contributed by atoms with Gasteiger partial charge in [0.1, 0.15) is 29.7 Å². The molecule has 6 amide bonds. The Balaban J connectivity index is 0.702. The molecule has 3 aromatic heterocycles. The standard InChI is InChI=1S/C51H51Cl2N11O9/c1-27(43-35(52)23-55-24-36(43)53)73-40-18-34-37(19-39(40)72-3)59-60-44(34)30-16-29(21-54)45(56-22-30)63-25-50(2,26-63)58-46(67)28-8-12-62(13-9-28)42(66)20-51(71)10-14-61(15-11-51)31-4-5-32-33(17-31)49(70)64(48(32)69)38-6-7-41(65)57-47(38)68/h4-5,16-19,22-24,27-28,38,71H,6-15,20,25-26H2,1-3H3,(H,58,67)(H,59,60)(H,57,65,68)/t27-,38?/m1/s1. The fourth-order valence-corrected chi connectivity index (χ4v) is 11.4. The van der Waals surface area contributed by atoms with Crippen molar-refractivity contribution in [1.82, 2.24) is 40.6 Å². The van der Waals surface area contributed by atoms with Gasteiger partial charge >= 0.3 is 0 Å². The minimum Gasteiger partial charge on any atom is -0.493 e. The molecule has 1 unspecified atom stereocenters. The van der Waals surface area contributed by atoms with Crippen molar-refractivity contribution in [3.63, 3.8) is 0 Å². The number of piperidine rings is 3. The number of amides is 6. The molecule has 0 spiro atoms. The Morgan fingerprint density at radius 3 is 2.34 bits per heavy atom. The fraction of sp³-hybridized carbons (Fsp3) is 0.412. The number of carbonyl (C=O) groups is 6. The quantitative estimate of drug-likeness (QED) is 0.119. The van der Waals surface area contributed by atoms with E-state index in [1.165, 1.54) is 19.5 Å². The van der Waals surface area contributed by atoms with Gasteiger partial charge < -0.3 is 34.6 Å². The number of aliphatic hydroxyl groups is 1. The summed E-state index contributed by atoms with van der Waals surface area (Å²) in [5.74, 6) is -1.51. The SMILES string of the molecule is COc1cc2[nH]nc(-c3cnc(N4CC(C)(NC(=O)C5CCN(C(=O)CC6(O)CCN(c7ccc8c(c7)C(=O)N(C7CCC(=O)NC7=O)C8=O)CC6)CC5)C4)c(C#N)c3)c2cc1O[C@H](C)c1c(Cl)cncc1Cl. The number of halogens is 2. The second-order valence-corrected chi connectivity index (χ2v) is 20.5. The van der Waals surface area contributed by atoms with Crippen molar-refractivity contribution < 1.29 is 43.3 Å². The number of anilines is 2. The maximum Gasteiger partial charge on any atom is 0.262 e. The van der Waals surface area contributed by atoms with Crippen LogP contribution in [0.3, 0.4) is 0 Å². The van der Waals surface area contributed by atoms with E-state index in [0.29, 0.717) is 131 Å². The van der Waals surface area contributed by atoms with E-state index in [1.807, 2.05) is 23.6 Å². The van der Waals surface area contributed by atoms with Crippen LogP contribution in [0.4, 0.5) is 11.5 Å². The number of H-pyrrole nitrogens is 1. The van der Waals surface area contributed by atoms with Crippen molar-refractivity contribution in [2.75, 3.05) is 56.2 Å². The number of nitrogens with one attached hydrogen (secondary N) is 3. The summed E-state index contributed by atoms with van der Waals surface area (Å²) in [6, 6.07) is 11.4. The molecule has 4 fully saturated rings. The Labute approximate surface area is 428 Å². The predicted octanol–water partition coefficient (Wildman–Crippen LogP) is 5.10. The molecule has 4 N–H and O–H groups in total. The summed E-state index contributed by atoms with van der Waals surface area (Å²) in [6.45, 7) is 6.18. The normalized spacial score (nSPS) is 20.0. The highest BCUT2D eigenvalue weighted by Gasteiger charge is 2.46. The van der Waals surface area contributed by atoms with E-state index in [0.717, 1.165) is 4.90 Å². The number of methoxy groups -OCH3 is 1. The second kappa shape index (κ2) is 19.3. The van der Waals surface area contributed by atoms with Crippen molar-refractivity contribution in [3.8, 4) is 28.8 Å². The lowest BCUT2D eigenvalue weighted by Crippen LogP contribution is -2.69. The van der Waals surface area contributed by atoms with E-state index in [4.69, 9.17) is 37.7 Å². The molecule has 22 heteroatoms. The van der Waals surface area contributed by atoms with Crippen molar-refractivity contribution in [1.29, 1.82) is 5.26 Å². The lowest BCUT2D eigenvalue weighted by atomic mass is 9.86. The Hall–Kier alpha value is -7.34. The van der Waals surface area contributed by atoms with E-state index >= 15 is 0 Å². The molecule has 0 aliphatic carbocycles. The third kappa shape index (κ3) is 9.36. The Kier molecular flexibility index (Phi) is 13.0. The molecule has 8 heterocycles. The molecular weight excluding hydrogens is 982 g/mol. The maximum atomic E-state index is 13.6. The molecule has 0 bridgehead atoms. The van der Waals surface area contributed by atoms with Crippen molar-refractivity contribution >= 4 is 81.1 Å². The first-order valence-corrected chi connectivity index (χ1v) is 24.8. The maximum absolute atomic E-state index is 13.6. The summed E-state index contributed by atoms with van der Waals surface area (Å²) < 4.78 is 12.0. The third-order valence-electron chi connectivity index (χ3n) is 14.7. The van der Waals surface area contributed by atoms with Crippen molar-refractivity contribution in [2.45, 2.75) is 82.1 Å². The number of hydrogen-bond donors (Lipinski definition) is 4. The molecule has 5 aliphatic rings. The van der Waals surface area contributed by atoms with Gasteiger partial charge in [-0.1, -0.05) is 23.2 Å². The van der Waals surface area contributed by atoms with Gasteiger partial charge in [-0.2, -0.15) is 10.4 Å². The summed E-state index contributed by atoms with van der Waals surface area (Å²) in [5, 5.41) is 36.3. The highest BCUT2D eigenvalue weighted by Crippen LogP contribution is 2.41. The van der Waals surface area contributed by atoms with Gasteiger partial charge in [-0.25, -0.2) is 4.98 Å². The Bertz CT molecular complexity index is 3130. The first-order valence-electron chi connectivity index (χ1n) is 24.1. The number of aromatic amines is 1. The molecule has 10 rings (SSSR count). The van der Waals surface area contributed by atoms with Crippen LogP contribution in [0.2, 0.25) is 10.0 Å². The minimum absolute atomic E-state index is 0.0298. The van der Waals surface area contributed by atoms with Gasteiger partial charge in [-0.15, -0.1) is 0 Å². The number of rotatable bonds is 12. The molecule has 20 nitrogen and oxygen atoms in total. The van der Waals surface area contributed by atoms with Gasteiger partial charge in [0.15, 0.2) is 11.5 Å². The van der Waals surface area contributed by atoms with E-state index in [9.17, 15) is 39.1 Å². The molecule has 5 aromatic rings. The van der Waals surface area contributed by atoms with Gasteiger partial charge in [0.2, 0.25) is 23.6 Å². The monoisotopic (exact) mass is 1030 g/mol. The molecule has 378 valence electrons. The number of ether oxygens (including phenoxy) is 2. The summed E-state index contributed by atoms with van der Waals surface area (Å²) in [7, 11) is 1.54. The highest BCUT2D eigenvalue weighted by molar-refractivity contribution is 6.35. The van der Waals surface area contributed by atoms with Crippen LogP contribution in [-0.4, -0.2) is 134 Å². The van der Waals surface area contributed by atoms with Gasteiger partial charge in [0.25, 0.3) is 11.8 Å². The number of carbonyl (C=O) groups excluding carboxylic acids is 6. The predicted molar refractivity (Wildman–Crippen MR) is 266 cm³/mol. The topological polar surface area (TPSA) is 256 Å². The number of pyridine rings is 2. The summed E-state index contributed by atoms with van der Waals surface area (Å²) in [5.41, 5.74) is 1.96. The zero-order valence-electron chi connectivity index (χ0n) is 40.2. The smallest absolute Gasteiger partial charge is 0.262 e. The number of hydrogen-bond acceptors (Lipinski definition) is 15. The average molecular weight is 1030 g/mol. The Morgan fingerprint density at radius 2 is 1.66 bits per heavy atom.